The average molecular weight is 317 g/mol. The Morgan fingerprint density at radius 3 is 2.45 bits per heavy atom. The van der Waals surface area contributed by atoms with Crippen LogP contribution in [-0.4, -0.2) is 24.4 Å². The molecule has 0 saturated carbocycles. The fraction of sp³-hybridized carbons (Fsp3) is 0.125. The lowest BCUT2D eigenvalue weighted by atomic mass is 10.2. The molecule has 112 valence electrons. The predicted octanol–water partition coefficient (Wildman–Crippen LogP) is 4.07. The minimum atomic E-state index is 0.379. The van der Waals surface area contributed by atoms with Gasteiger partial charge in [-0.15, -0.1) is 0 Å². The van der Waals surface area contributed by atoms with Crippen LogP contribution >= 0.6 is 11.6 Å². The van der Waals surface area contributed by atoms with Crippen LogP contribution in [0.3, 0.4) is 0 Å². The summed E-state index contributed by atoms with van der Waals surface area (Å²) in [5.41, 5.74) is 1.53. The molecule has 3 rings (SSSR count). The summed E-state index contributed by atoms with van der Waals surface area (Å²) in [5, 5.41) is 4.65. The van der Waals surface area contributed by atoms with Crippen molar-refractivity contribution in [2.24, 2.45) is 0 Å². The van der Waals surface area contributed by atoms with Crippen molar-refractivity contribution in [1.82, 2.24) is 10.1 Å². The molecule has 3 aromatic rings. The van der Waals surface area contributed by atoms with E-state index in [0.29, 0.717) is 33.8 Å². The monoisotopic (exact) mass is 316 g/mol. The number of benzene rings is 2. The van der Waals surface area contributed by atoms with Gasteiger partial charge in [-0.2, -0.15) is 4.98 Å². The molecule has 0 aliphatic carbocycles. The second-order valence-electron chi connectivity index (χ2n) is 4.50. The number of aromatic nitrogens is 2. The second kappa shape index (κ2) is 6.07. The molecular formula is C16H13ClN2O3. The highest BCUT2D eigenvalue weighted by molar-refractivity contribution is 6.30. The van der Waals surface area contributed by atoms with Crippen LogP contribution in [0.4, 0.5) is 0 Å². The maximum atomic E-state index is 5.88. The molecule has 0 fully saturated rings. The van der Waals surface area contributed by atoms with Gasteiger partial charge < -0.3 is 14.0 Å². The molecule has 0 amide bonds. The molecule has 1 aromatic heterocycles. The first-order valence-electron chi connectivity index (χ1n) is 6.53. The Bertz CT molecular complexity index is 784. The highest BCUT2D eigenvalue weighted by Gasteiger charge is 2.15. The molecule has 0 bridgehead atoms. The molecule has 0 radical (unpaired) electrons. The molecule has 0 aliphatic rings. The van der Waals surface area contributed by atoms with Gasteiger partial charge in [0.25, 0.3) is 5.89 Å². The number of nitrogens with zero attached hydrogens (tertiary/aromatic N) is 2. The largest absolute Gasteiger partial charge is 0.497 e. The third-order valence-corrected chi connectivity index (χ3v) is 3.42. The van der Waals surface area contributed by atoms with E-state index < -0.39 is 0 Å². The molecule has 2 aromatic carbocycles. The molecule has 6 heteroatoms. The highest BCUT2D eigenvalue weighted by Crippen LogP contribution is 2.33. The van der Waals surface area contributed by atoms with Gasteiger partial charge >= 0.3 is 0 Å². The Hall–Kier alpha value is -2.53. The van der Waals surface area contributed by atoms with E-state index in [4.69, 9.17) is 25.6 Å². The van der Waals surface area contributed by atoms with Crippen LogP contribution in [0, 0.1) is 0 Å². The van der Waals surface area contributed by atoms with Crippen LogP contribution < -0.4 is 9.47 Å². The van der Waals surface area contributed by atoms with E-state index in [1.807, 2.05) is 24.3 Å². The molecule has 1 heterocycles. The number of rotatable bonds is 4. The summed E-state index contributed by atoms with van der Waals surface area (Å²) in [4.78, 5) is 4.40. The maximum Gasteiger partial charge on any atom is 0.262 e. The lowest BCUT2D eigenvalue weighted by Crippen LogP contribution is -1.90. The average Bonchev–Trinajstić information content (AvgIpc) is 3.04. The zero-order chi connectivity index (χ0) is 15.5. The number of halogens is 1. The van der Waals surface area contributed by atoms with E-state index >= 15 is 0 Å². The SMILES string of the molecule is COc1ccc(-c2nc(-c3ccc(Cl)cc3)no2)c(OC)c1. The summed E-state index contributed by atoms with van der Waals surface area (Å²) in [7, 11) is 3.18. The van der Waals surface area contributed by atoms with E-state index in [1.54, 1.807) is 32.4 Å². The summed E-state index contributed by atoms with van der Waals surface area (Å²) in [5.74, 6) is 2.16. The lowest BCUT2D eigenvalue weighted by Gasteiger charge is -2.06. The Labute approximate surface area is 132 Å². The van der Waals surface area contributed by atoms with Crippen LogP contribution in [0.5, 0.6) is 11.5 Å². The van der Waals surface area contributed by atoms with Crippen LogP contribution in [0.2, 0.25) is 5.02 Å². The normalized spacial score (nSPS) is 10.5. The molecule has 0 atom stereocenters. The Morgan fingerprint density at radius 1 is 1.00 bits per heavy atom. The third-order valence-electron chi connectivity index (χ3n) is 3.17. The summed E-state index contributed by atoms with van der Waals surface area (Å²) in [6.07, 6.45) is 0. The summed E-state index contributed by atoms with van der Waals surface area (Å²) < 4.78 is 15.9. The van der Waals surface area contributed by atoms with Gasteiger partial charge in [0.05, 0.1) is 19.8 Å². The van der Waals surface area contributed by atoms with Crippen molar-refractivity contribution < 1.29 is 14.0 Å². The van der Waals surface area contributed by atoms with E-state index in [2.05, 4.69) is 10.1 Å². The first-order chi connectivity index (χ1) is 10.7. The van der Waals surface area contributed by atoms with Crippen LogP contribution in [-0.2, 0) is 0 Å². The number of ether oxygens (including phenoxy) is 2. The van der Waals surface area contributed by atoms with Gasteiger partial charge in [0.2, 0.25) is 5.82 Å². The molecule has 0 saturated heterocycles. The van der Waals surface area contributed by atoms with E-state index in [9.17, 15) is 0 Å². The maximum absolute atomic E-state index is 5.88. The van der Waals surface area contributed by atoms with Crippen molar-refractivity contribution >= 4 is 11.6 Å². The van der Waals surface area contributed by atoms with E-state index in [0.717, 1.165) is 5.56 Å². The van der Waals surface area contributed by atoms with Gasteiger partial charge in [0.1, 0.15) is 11.5 Å². The third kappa shape index (κ3) is 2.76. The standard InChI is InChI=1S/C16H13ClN2O3/c1-20-12-7-8-13(14(9-12)21-2)16-18-15(19-22-16)10-3-5-11(17)6-4-10/h3-9H,1-2H3. The van der Waals surface area contributed by atoms with Crippen LogP contribution in [0.25, 0.3) is 22.8 Å². The second-order valence-corrected chi connectivity index (χ2v) is 4.93. The quantitative estimate of drug-likeness (QED) is 0.726. The molecule has 0 aliphatic heterocycles. The first-order valence-corrected chi connectivity index (χ1v) is 6.91. The fourth-order valence-electron chi connectivity index (χ4n) is 2.02. The van der Waals surface area contributed by atoms with Crippen molar-refractivity contribution in [2.75, 3.05) is 14.2 Å². The summed E-state index contributed by atoms with van der Waals surface area (Å²) in [6.45, 7) is 0. The molecule has 5 nitrogen and oxygen atoms in total. The van der Waals surface area contributed by atoms with Crippen molar-refractivity contribution in [3.63, 3.8) is 0 Å². The van der Waals surface area contributed by atoms with Crippen molar-refractivity contribution in [2.45, 2.75) is 0 Å². The van der Waals surface area contributed by atoms with Gasteiger partial charge in [0.15, 0.2) is 0 Å². The van der Waals surface area contributed by atoms with E-state index in [-0.39, 0.29) is 0 Å². The molecule has 0 spiro atoms. The van der Waals surface area contributed by atoms with Gasteiger partial charge in [-0.1, -0.05) is 16.8 Å². The molecule has 22 heavy (non-hydrogen) atoms. The minimum Gasteiger partial charge on any atom is -0.497 e. The Kier molecular flexibility index (Phi) is 3.98. The topological polar surface area (TPSA) is 57.4 Å². The molecule has 0 unspecified atom stereocenters. The predicted molar refractivity (Wildman–Crippen MR) is 83.3 cm³/mol. The summed E-state index contributed by atoms with van der Waals surface area (Å²) >= 11 is 5.88. The number of methoxy groups -OCH3 is 2. The summed E-state index contributed by atoms with van der Waals surface area (Å²) in [6, 6.07) is 12.6. The van der Waals surface area contributed by atoms with E-state index in [1.165, 1.54) is 0 Å². The highest BCUT2D eigenvalue weighted by atomic mass is 35.5. The van der Waals surface area contributed by atoms with Gasteiger partial charge in [-0.25, -0.2) is 0 Å². The first kappa shape index (κ1) is 14.4. The smallest absolute Gasteiger partial charge is 0.262 e. The van der Waals surface area contributed by atoms with Gasteiger partial charge in [0, 0.05) is 16.7 Å². The van der Waals surface area contributed by atoms with Crippen molar-refractivity contribution in [3.05, 3.63) is 47.5 Å². The van der Waals surface area contributed by atoms with Gasteiger partial charge in [-0.05, 0) is 36.4 Å². The van der Waals surface area contributed by atoms with Gasteiger partial charge in [-0.3, -0.25) is 0 Å². The van der Waals surface area contributed by atoms with Crippen LogP contribution in [0.1, 0.15) is 0 Å². The van der Waals surface area contributed by atoms with Crippen LogP contribution in [0.15, 0.2) is 47.0 Å². The Morgan fingerprint density at radius 2 is 1.77 bits per heavy atom. The molecule has 0 N–H and O–H groups in total. The Balaban J connectivity index is 1.98. The molecular weight excluding hydrogens is 304 g/mol. The van der Waals surface area contributed by atoms with Crippen molar-refractivity contribution in [1.29, 1.82) is 0 Å². The zero-order valence-corrected chi connectivity index (χ0v) is 12.8. The fourth-order valence-corrected chi connectivity index (χ4v) is 2.15. The van der Waals surface area contributed by atoms with Crippen molar-refractivity contribution in [3.8, 4) is 34.3 Å². The number of hydrogen-bond donors (Lipinski definition) is 0. The minimum absolute atomic E-state index is 0.379. The lowest BCUT2D eigenvalue weighted by molar-refractivity contribution is 0.391. The number of hydrogen-bond acceptors (Lipinski definition) is 5. The zero-order valence-electron chi connectivity index (χ0n) is 12.0.